The summed E-state index contributed by atoms with van der Waals surface area (Å²) >= 11 is 0. The molecular formula is C24H27N3O4. The Morgan fingerprint density at radius 3 is 2.58 bits per heavy atom. The fourth-order valence-corrected chi connectivity index (χ4v) is 3.44. The first-order chi connectivity index (χ1) is 14.8. The van der Waals surface area contributed by atoms with E-state index in [2.05, 4.69) is 55.5 Å². The molecule has 0 fully saturated rings. The molecule has 2 aromatic carbocycles. The van der Waals surface area contributed by atoms with E-state index in [-0.39, 0.29) is 11.3 Å². The molecule has 1 N–H and O–H groups in total. The third kappa shape index (κ3) is 4.50. The van der Waals surface area contributed by atoms with Gasteiger partial charge in [0, 0.05) is 11.6 Å². The third-order valence-corrected chi connectivity index (χ3v) is 5.20. The van der Waals surface area contributed by atoms with Gasteiger partial charge in [0.05, 0.1) is 19.9 Å². The molecule has 1 aromatic heterocycles. The number of nitrogens with one attached hydrogen (secondary N) is 1. The summed E-state index contributed by atoms with van der Waals surface area (Å²) in [4.78, 5) is 12.9. The lowest BCUT2D eigenvalue weighted by molar-refractivity contribution is 0.102. The van der Waals surface area contributed by atoms with Crippen LogP contribution >= 0.6 is 0 Å². The molecule has 0 bridgehead atoms. The second-order valence-corrected chi connectivity index (χ2v) is 8.48. The predicted octanol–water partition coefficient (Wildman–Crippen LogP) is 4.26. The summed E-state index contributed by atoms with van der Waals surface area (Å²) < 4.78 is 18.4. The number of aromatic nitrogens is 2. The van der Waals surface area contributed by atoms with Crippen molar-refractivity contribution >= 4 is 11.7 Å². The van der Waals surface area contributed by atoms with Crippen LogP contribution in [0.5, 0.6) is 17.2 Å². The number of carbonyl (C=O) groups excluding carboxylic acids is 1. The molecule has 1 aliphatic rings. The van der Waals surface area contributed by atoms with Crippen molar-refractivity contribution in [2.24, 2.45) is 0 Å². The largest absolute Gasteiger partial charge is 0.493 e. The predicted molar refractivity (Wildman–Crippen MR) is 118 cm³/mol. The van der Waals surface area contributed by atoms with Crippen molar-refractivity contribution in [1.29, 1.82) is 0 Å². The normalized spacial score (nSPS) is 13.0. The SMILES string of the molecule is COc1cc(C(=O)Nc2ccnn2Cc2ccc(C(C)(C)C)cc2)cc2c1OCCO2. The van der Waals surface area contributed by atoms with Crippen LogP contribution in [-0.4, -0.2) is 36.0 Å². The summed E-state index contributed by atoms with van der Waals surface area (Å²) in [6.45, 7) is 8.01. The van der Waals surface area contributed by atoms with Gasteiger partial charge in [0.1, 0.15) is 19.0 Å². The van der Waals surface area contributed by atoms with Gasteiger partial charge in [0.15, 0.2) is 11.5 Å². The van der Waals surface area contributed by atoms with Crippen molar-refractivity contribution in [3.8, 4) is 17.2 Å². The summed E-state index contributed by atoms with van der Waals surface area (Å²) in [6, 6.07) is 13.6. The second-order valence-electron chi connectivity index (χ2n) is 8.48. The number of hydrogen-bond donors (Lipinski definition) is 1. The quantitative estimate of drug-likeness (QED) is 0.666. The van der Waals surface area contributed by atoms with Crippen LogP contribution in [-0.2, 0) is 12.0 Å². The highest BCUT2D eigenvalue weighted by atomic mass is 16.6. The number of methoxy groups -OCH3 is 1. The van der Waals surface area contributed by atoms with Crippen LogP contribution in [0.2, 0.25) is 0 Å². The average Bonchev–Trinajstić information content (AvgIpc) is 3.19. The average molecular weight is 421 g/mol. The molecule has 7 nitrogen and oxygen atoms in total. The van der Waals surface area contributed by atoms with Gasteiger partial charge in [-0.15, -0.1) is 0 Å². The van der Waals surface area contributed by atoms with Crippen LogP contribution < -0.4 is 19.5 Å². The molecule has 0 radical (unpaired) electrons. The molecule has 0 saturated heterocycles. The fraction of sp³-hybridized carbons (Fsp3) is 0.333. The molecular weight excluding hydrogens is 394 g/mol. The maximum absolute atomic E-state index is 12.9. The molecule has 1 amide bonds. The lowest BCUT2D eigenvalue weighted by Gasteiger charge is -2.21. The Morgan fingerprint density at radius 1 is 1.13 bits per heavy atom. The van der Waals surface area contributed by atoms with Gasteiger partial charge >= 0.3 is 0 Å². The van der Waals surface area contributed by atoms with Crippen molar-refractivity contribution in [1.82, 2.24) is 9.78 Å². The van der Waals surface area contributed by atoms with Gasteiger partial charge in [0.25, 0.3) is 5.91 Å². The highest BCUT2D eigenvalue weighted by Crippen LogP contribution is 2.40. The summed E-state index contributed by atoms with van der Waals surface area (Å²) in [5.74, 6) is 1.82. The molecule has 7 heteroatoms. The van der Waals surface area contributed by atoms with Crippen LogP contribution in [0.25, 0.3) is 0 Å². The molecule has 0 saturated carbocycles. The van der Waals surface area contributed by atoms with Crippen LogP contribution in [0, 0.1) is 0 Å². The number of ether oxygens (including phenoxy) is 3. The number of nitrogens with zero attached hydrogens (tertiary/aromatic N) is 2. The zero-order valence-electron chi connectivity index (χ0n) is 18.3. The Morgan fingerprint density at radius 2 is 1.87 bits per heavy atom. The zero-order valence-corrected chi connectivity index (χ0v) is 18.3. The molecule has 162 valence electrons. The van der Waals surface area contributed by atoms with Crippen LogP contribution in [0.15, 0.2) is 48.7 Å². The minimum Gasteiger partial charge on any atom is -0.493 e. The molecule has 4 rings (SSSR count). The topological polar surface area (TPSA) is 74.6 Å². The van der Waals surface area contributed by atoms with Crippen LogP contribution in [0.4, 0.5) is 5.82 Å². The monoisotopic (exact) mass is 421 g/mol. The fourth-order valence-electron chi connectivity index (χ4n) is 3.44. The van der Waals surface area contributed by atoms with Gasteiger partial charge in [0.2, 0.25) is 5.75 Å². The van der Waals surface area contributed by atoms with Crippen molar-refractivity contribution in [2.75, 3.05) is 25.6 Å². The third-order valence-electron chi connectivity index (χ3n) is 5.20. The van der Waals surface area contributed by atoms with Gasteiger partial charge < -0.3 is 19.5 Å². The molecule has 1 aliphatic heterocycles. The van der Waals surface area contributed by atoms with Crippen molar-refractivity contribution in [3.05, 3.63) is 65.4 Å². The van der Waals surface area contributed by atoms with E-state index in [1.165, 1.54) is 12.7 Å². The number of amides is 1. The smallest absolute Gasteiger partial charge is 0.257 e. The first kappa shape index (κ1) is 20.8. The molecule has 0 aliphatic carbocycles. The lowest BCUT2D eigenvalue weighted by atomic mass is 9.87. The highest BCUT2D eigenvalue weighted by Gasteiger charge is 2.21. The summed E-state index contributed by atoms with van der Waals surface area (Å²) in [5.41, 5.74) is 2.91. The van der Waals surface area contributed by atoms with Gasteiger partial charge in [-0.3, -0.25) is 4.79 Å². The van der Waals surface area contributed by atoms with Crippen molar-refractivity contribution < 1.29 is 19.0 Å². The van der Waals surface area contributed by atoms with E-state index in [0.29, 0.717) is 48.4 Å². The Balaban J connectivity index is 1.51. The number of benzene rings is 2. The molecule has 2 heterocycles. The second kappa shape index (κ2) is 8.34. The minimum absolute atomic E-state index is 0.105. The van der Waals surface area contributed by atoms with Gasteiger partial charge in [-0.2, -0.15) is 5.10 Å². The number of carbonyl (C=O) groups is 1. The first-order valence-electron chi connectivity index (χ1n) is 10.3. The lowest BCUT2D eigenvalue weighted by Crippen LogP contribution is -2.19. The number of anilines is 1. The minimum atomic E-state index is -0.278. The Hall–Kier alpha value is -3.48. The first-order valence-corrected chi connectivity index (χ1v) is 10.3. The van der Waals surface area contributed by atoms with E-state index >= 15 is 0 Å². The molecule has 0 atom stereocenters. The number of rotatable bonds is 5. The van der Waals surface area contributed by atoms with E-state index < -0.39 is 0 Å². The van der Waals surface area contributed by atoms with E-state index in [9.17, 15) is 4.79 Å². The van der Waals surface area contributed by atoms with E-state index in [4.69, 9.17) is 14.2 Å². The van der Waals surface area contributed by atoms with Crippen molar-refractivity contribution in [3.63, 3.8) is 0 Å². The maximum Gasteiger partial charge on any atom is 0.257 e. The molecule has 0 spiro atoms. The van der Waals surface area contributed by atoms with Gasteiger partial charge in [-0.05, 0) is 28.7 Å². The van der Waals surface area contributed by atoms with Gasteiger partial charge in [-0.25, -0.2) is 4.68 Å². The number of hydrogen-bond acceptors (Lipinski definition) is 5. The van der Waals surface area contributed by atoms with Crippen LogP contribution in [0.1, 0.15) is 42.3 Å². The Bertz CT molecular complexity index is 1060. The highest BCUT2D eigenvalue weighted by molar-refractivity contribution is 6.04. The summed E-state index contributed by atoms with van der Waals surface area (Å²) in [5, 5.41) is 7.30. The maximum atomic E-state index is 12.9. The molecule has 31 heavy (non-hydrogen) atoms. The summed E-state index contributed by atoms with van der Waals surface area (Å²) in [6.07, 6.45) is 1.67. The van der Waals surface area contributed by atoms with E-state index in [0.717, 1.165) is 5.56 Å². The van der Waals surface area contributed by atoms with E-state index in [1.807, 2.05) is 0 Å². The Labute approximate surface area is 181 Å². The standard InChI is InChI=1S/C24H27N3O4/c1-24(2,3)18-7-5-16(6-8-18)15-27-21(9-10-25-27)26-23(28)17-13-19(29-4)22-20(14-17)30-11-12-31-22/h5-10,13-14H,11-12,15H2,1-4H3,(H,26,28). The molecule has 3 aromatic rings. The zero-order chi connectivity index (χ0) is 22.0. The van der Waals surface area contributed by atoms with Crippen LogP contribution in [0.3, 0.4) is 0 Å². The molecule has 0 unspecified atom stereocenters. The summed E-state index contributed by atoms with van der Waals surface area (Å²) in [7, 11) is 1.54. The number of fused-ring (bicyclic) bond motifs is 1. The van der Waals surface area contributed by atoms with E-state index in [1.54, 1.807) is 29.1 Å². The van der Waals surface area contributed by atoms with Crippen molar-refractivity contribution in [2.45, 2.75) is 32.7 Å². The Kier molecular flexibility index (Phi) is 5.59. The van der Waals surface area contributed by atoms with Gasteiger partial charge in [-0.1, -0.05) is 45.0 Å².